The summed E-state index contributed by atoms with van der Waals surface area (Å²) < 4.78 is 0. The molecule has 1 aromatic rings. The maximum absolute atomic E-state index is 12.2. The van der Waals surface area contributed by atoms with E-state index in [1.54, 1.807) is 6.08 Å². The summed E-state index contributed by atoms with van der Waals surface area (Å²) in [6.07, 6.45) is 5.27. The van der Waals surface area contributed by atoms with E-state index in [9.17, 15) is 9.90 Å². The Morgan fingerprint density at radius 3 is 2.95 bits per heavy atom. The average Bonchev–Trinajstić information content (AvgIpc) is 2.99. The van der Waals surface area contributed by atoms with Gasteiger partial charge in [-0.2, -0.15) is 0 Å². The first-order chi connectivity index (χ1) is 9.63. The Morgan fingerprint density at radius 2 is 2.20 bits per heavy atom. The molecule has 3 rings (SSSR count). The van der Waals surface area contributed by atoms with E-state index < -0.39 is 0 Å². The standard InChI is InChI=1S/C17H21NO2/c1-12-3-2-4-13(9-12)5-8-17(20)18-10-14-6-7-16(19)15(14)11-18/h2-5,8-9,14-16,19H,6-7,10-11H2,1H3/b8-5+. The summed E-state index contributed by atoms with van der Waals surface area (Å²) in [4.78, 5) is 14.1. The maximum Gasteiger partial charge on any atom is 0.246 e. The predicted molar refractivity (Wildman–Crippen MR) is 79.0 cm³/mol. The molecule has 3 atom stereocenters. The van der Waals surface area contributed by atoms with Crippen LogP contribution in [0.2, 0.25) is 0 Å². The van der Waals surface area contributed by atoms with Crippen LogP contribution in [-0.2, 0) is 4.79 Å². The molecule has 0 bridgehead atoms. The summed E-state index contributed by atoms with van der Waals surface area (Å²) in [5.41, 5.74) is 2.25. The van der Waals surface area contributed by atoms with Gasteiger partial charge in [-0.15, -0.1) is 0 Å². The molecular formula is C17H21NO2. The first kappa shape index (κ1) is 13.4. The van der Waals surface area contributed by atoms with Crippen LogP contribution in [0.4, 0.5) is 0 Å². The highest BCUT2D eigenvalue weighted by Crippen LogP contribution is 2.38. The number of aryl methyl sites for hydroxylation is 1. The van der Waals surface area contributed by atoms with Crippen molar-refractivity contribution in [3.05, 3.63) is 41.5 Å². The minimum atomic E-state index is -0.210. The Labute approximate surface area is 119 Å². The second-order valence-corrected chi connectivity index (χ2v) is 6.06. The molecule has 2 fully saturated rings. The SMILES string of the molecule is Cc1cccc(/C=C/C(=O)N2CC3CCC(O)C3C2)c1. The lowest BCUT2D eigenvalue weighted by Gasteiger charge is -2.16. The van der Waals surface area contributed by atoms with E-state index in [4.69, 9.17) is 0 Å². The Kier molecular flexibility index (Phi) is 3.62. The molecule has 0 aromatic heterocycles. The van der Waals surface area contributed by atoms with Crippen molar-refractivity contribution in [2.24, 2.45) is 11.8 Å². The molecule has 1 aliphatic carbocycles. The summed E-state index contributed by atoms with van der Waals surface area (Å²) in [5.74, 6) is 0.862. The molecule has 3 unspecified atom stereocenters. The van der Waals surface area contributed by atoms with Crippen LogP contribution in [0.1, 0.15) is 24.0 Å². The van der Waals surface area contributed by atoms with Crippen LogP contribution in [-0.4, -0.2) is 35.1 Å². The quantitative estimate of drug-likeness (QED) is 0.838. The largest absolute Gasteiger partial charge is 0.393 e. The first-order valence-corrected chi connectivity index (χ1v) is 7.35. The summed E-state index contributed by atoms with van der Waals surface area (Å²) in [6.45, 7) is 3.56. The van der Waals surface area contributed by atoms with Crippen LogP contribution >= 0.6 is 0 Å². The Hall–Kier alpha value is -1.61. The van der Waals surface area contributed by atoms with Crippen LogP contribution in [0.15, 0.2) is 30.3 Å². The lowest BCUT2D eigenvalue weighted by molar-refractivity contribution is -0.125. The number of carbonyl (C=O) groups is 1. The van der Waals surface area contributed by atoms with Crippen LogP contribution in [0.5, 0.6) is 0 Å². The number of hydrogen-bond donors (Lipinski definition) is 1. The van der Waals surface area contributed by atoms with Gasteiger partial charge < -0.3 is 10.0 Å². The zero-order valence-electron chi connectivity index (χ0n) is 11.8. The summed E-state index contributed by atoms with van der Waals surface area (Å²) in [6, 6.07) is 8.10. The summed E-state index contributed by atoms with van der Waals surface area (Å²) in [7, 11) is 0. The summed E-state index contributed by atoms with van der Waals surface area (Å²) in [5, 5.41) is 9.88. The molecule has 0 radical (unpaired) electrons. The highest BCUT2D eigenvalue weighted by molar-refractivity contribution is 5.92. The lowest BCUT2D eigenvalue weighted by Crippen LogP contribution is -2.29. The Morgan fingerprint density at radius 1 is 1.35 bits per heavy atom. The van der Waals surface area contributed by atoms with Crippen molar-refractivity contribution in [1.82, 2.24) is 4.90 Å². The zero-order valence-corrected chi connectivity index (χ0v) is 11.8. The predicted octanol–water partition coefficient (Wildman–Crippen LogP) is 2.24. The van der Waals surface area contributed by atoms with Gasteiger partial charge >= 0.3 is 0 Å². The van der Waals surface area contributed by atoms with Crippen molar-refractivity contribution in [3.63, 3.8) is 0 Å². The highest BCUT2D eigenvalue weighted by Gasteiger charge is 2.42. The minimum absolute atomic E-state index is 0.0631. The monoisotopic (exact) mass is 271 g/mol. The number of rotatable bonds is 2. The fourth-order valence-electron chi connectivity index (χ4n) is 3.46. The number of benzene rings is 1. The topological polar surface area (TPSA) is 40.5 Å². The number of aliphatic hydroxyl groups excluding tert-OH is 1. The molecule has 3 nitrogen and oxygen atoms in total. The minimum Gasteiger partial charge on any atom is -0.393 e. The summed E-state index contributed by atoms with van der Waals surface area (Å²) >= 11 is 0. The van der Waals surface area contributed by atoms with Crippen LogP contribution in [0.3, 0.4) is 0 Å². The van der Waals surface area contributed by atoms with Crippen molar-refractivity contribution >= 4 is 12.0 Å². The number of nitrogens with zero attached hydrogens (tertiary/aromatic N) is 1. The number of aliphatic hydroxyl groups is 1. The normalized spacial score (nSPS) is 29.1. The number of fused-ring (bicyclic) bond motifs is 1. The van der Waals surface area contributed by atoms with Gasteiger partial charge in [0.05, 0.1) is 6.10 Å². The molecule has 1 heterocycles. The van der Waals surface area contributed by atoms with Crippen molar-refractivity contribution in [2.75, 3.05) is 13.1 Å². The van der Waals surface area contributed by atoms with E-state index in [1.165, 1.54) is 5.56 Å². The molecular weight excluding hydrogens is 250 g/mol. The van der Waals surface area contributed by atoms with E-state index in [1.807, 2.05) is 36.1 Å². The molecule has 1 saturated carbocycles. The van der Waals surface area contributed by atoms with Gasteiger partial charge in [-0.1, -0.05) is 29.8 Å². The van der Waals surface area contributed by atoms with Gasteiger partial charge in [0.25, 0.3) is 0 Å². The van der Waals surface area contributed by atoms with Crippen molar-refractivity contribution < 1.29 is 9.90 Å². The van der Waals surface area contributed by atoms with Crippen molar-refractivity contribution in [3.8, 4) is 0 Å². The third-order valence-electron chi connectivity index (χ3n) is 4.59. The molecule has 106 valence electrons. The number of likely N-dealkylation sites (tertiary alicyclic amines) is 1. The molecule has 1 N–H and O–H groups in total. The van der Waals surface area contributed by atoms with Crippen LogP contribution in [0, 0.1) is 18.8 Å². The van der Waals surface area contributed by atoms with Gasteiger partial charge in [-0.05, 0) is 37.3 Å². The van der Waals surface area contributed by atoms with Gasteiger partial charge in [0.15, 0.2) is 0 Å². The lowest BCUT2D eigenvalue weighted by atomic mass is 10.00. The van der Waals surface area contributed by atoms with Gasteiger partial charge in [-0.3, -0.25) is 4.79 Å². The molecule has 1 amide bonds. The van der Waals surface area contributed by atoms with E-state index in [-0.39, 0.29) is 12.0 Å². The third kappa shape index (κ3) is 2.63. The molecule has 20 heavy (non-hydrogen) atoms. The van der Waals surface area contributed by atoms with Crippen molar-refractivity contribution in [1.29, 1.82) is 0 Å². The number of hydrogen-bond acceptors (Lipinski definition) is 2. The average molecular weight is 271 g/mol. The van der Waals surface area contributed by atoms with Crippen LogP contribution < -0.4 is 0 Å². The molecule has 1 aliphatic heterocycles. The van der Waals surface area contributed by atoms with E-state index >= 15 is 0 Å². The fraction of sp³-hybridized carbons (Fsp3) is 0.471. The molecule has 2 aliphatic rings. The van der Waals surface area contributed by atoms with E-state index in [2.05, 4.69) is 6.07 Å². The van der Waals surface area contributed by atoms with E-state index in [0.29, 0.717) is 18.4 Å². The van der Waals surface area contributed by atoms with Gasteiger partial charge in [0.2, 0.25) is 5.91 Å². The third-order valence-corrected chi connectivity index (χ3v) is 4.59. The fourth-order valence-corrected chi connectivity index (χ4v) is 3.46. The highest BCUT2D eigenvalue weighted by atomic mass is 16.3. The molecule has 1 saturated heterocycles. The number of amides is 1. The Bertz CT molecular complexity index is 538. The Balaban J connectivity index is 1.63. The maximum atomic E-state index is 12.2. The second kappa shape index (κ2) is 5.41. The first-order valence-electron chi connectivity index (χ1n) is 7.35. The molecule has 3 heteroatoms. The second-order valence-electron chi connectivity index (χ2n) is 6.06. The van der Waals surface area contributed by atoms with Gasteiger partial charge in [0.1, 0.15) is 0 Å². The molecule has 0 spiro atoms. The van der Waals surface area contributed by atoms with E-state index in [0.717, 1.165) is 24.9 Å². The van der Waals surface area contributed by atoms with Crippen molar-refractivity contribution in [2.45, 2.75) is 25.9 Å². The number of carbonyl (C=O) groups excluding carboxylic acids is 1. The smallest absolute Gasteiger partial charge is 0.246 e. The van der Waals surface area contributed by atoms with Crippen LogP contribution in [0.25, 0.3) is 6.08 Å². The van der Waals surface area contributed by atoms with Gasteiger partial charge in [-0.25, -0.2) is 0 Å². The molecule has 1 aromatic carbocycles. The van der Waals surface area contributed by atoms with Gasteiger partial charge in [0, 0.05) is 25.1 Å². The zero-order chi connectivity index (χ0) is 14.1.